The van der Waals surface area contributed by atoms with Crippen molar-refractivity contribution in [3.8, 4) is 0 Å². The molecule has 1 aliphatic rings. The first-order valence-corrected chi connectivity index (χ1v) is 7.14. The first-order valence-electron chi connectivity index (χ1n) is 7.14. The molecule has 6 heteroatoms. The van der Waals surface area contributed by atoms with Crippen LogP contribution in [0.4, 0.5) is 4.39 Å². The number of nitrogens with one attached hydrogen (secondary N) is 2. The minimum absolute atomic E-state index is 0.0284. The summed E-state index contributed by atoms with van der Waals surface area (Å²) >= 11 is 0. The Kier molecular flexibility index (Phi) is 5.27. The normalized spacial score (nSPS) is 19.8. The van der Waals surface area contributed by atoms with Gasteiger partial charge in [0.25, 0.3) is 0 Å². The quantitative estimate of drug-likeness (QED) is 0.841. The Morgan fingerprint density at radius 2 is 2.19 bits per heavy atom. The Balaban J connectivity index is 2.11. The summed E-state index contributed by atoms with van der Waals surface area (Å²) in [6, 6.07) is 6.02. The standard InChI is InChI=1S/C15H23FN4O/c1-19(2)14(11-5-4-6-12(16)9-11)15(21)20(3)10-13-7-8-17-18-13/h4-6,9,13-14,17-18H,7-8,10H2,1-3H3. The van der Waals surface area contributed by atoms with Gasteiger partial charge in [0.2, 0.25) is 5.91 Å². The fraction of sp³-hybridized carbons (Fsp3) is 0.533. The lowest BCUT2D eigenvalue weighted by Crippen LogP contribution is -2.45. The SMILES string of the molecule is CN(CC1CCNN1)C(=O)C(c1cccc(F)c1)N(C)C. The van der Waals surface area contributed by atoms with Crippen LogP contribution in [0.15, 0.2) is 24.3 Å². The fourth-order valence-electron chi connectivity index (χ4n) is 2.64. The second-order valence-electron chi connectivity index (χ2n) is 5.70. The molecule has 1 aromatic rings. The van der Waals surface area contributed by atoms with E-state index in [1.165, 1.54) is 12.1 Å². The third kappa shape index (κ3) is 4.00. The van der Waals surface area contributed by atoms with Crippen molar-refractivity contribution in [3.05, 3.63) is 35.6 Å². The van der Waals surface area contributed by atoms with Gasteiger partial charge >= 0.3 is 0 Å². The number of rotatable bonds is 5. The molecule has 116 valence electrons. The Morgan fingerprint density at radius 1 is 1.43 bits per heavy atom. The average Bonchev–Trinajstić information content (AvgIpc) is 2.91. The van der Waals surface area contributed by atoms with Gasteiger partial charge in [-0.05, 0) is 38.2 Å². The van der Waals surface area contributed by atoms with Crippen LogP contribution in [0.25, 0.3) is 0 Å². The van der Waals surface area contributed by atoms with E-state index in [9.17, 15) is 9.18 Å². The molecular formula is C15H23FN4O. The van der Waals surface area contributed by atoms with Gasteiger partial charge < -0.3 is 4.90 Å². The number of amides is 1. The fourth-order valence-corrected chi connectivity index (χ4v) is 2.64. The highest BCUT2D eigenvalue weighted by atomic mass is 19.1. The van der Waals surface area contributed by atoms with E-state index in [2.05, 4.69) is 10.9 Å². The van der Waals surface area contributed by atoms with Crippen molar-refractivity contribution in [2.45, 2.75) is 18.5 Å². The lowest BCUT2D eigenvalue weighted by atomic mass is 10.0. The number of likely N-dealkylation sites (N-methyl/N-ethyl adjacent to an activating group) is 2. The number of benzene rings is 1. The van der Waals surface area contributed by atoms with Gasteiger partial charge in [0.05, 0.1) is 0 Å². The molecule has 1 amide bonds. The number of hydrogen-bond donors (Lipinski definition) is 2. The summed E-state index contributed by atoms with van der Waals surface area (Å²) in [5.74, 6) is -0.351. The molecule has 0 spiro atoms. The molecule has 2 N–H and O–H groups in total. The van der Waals surface area contributed by atoms with Gasteiger partial charge in [-0.2, -0.15) is 0 Å². The van der Waals surface area contributed by atoms with E-state index in [0.717, 1.165) is 13.0 Å². The predicted octanol–water partition coefficient (Wildman–Crippen LogP) is 0.753. The number of nitrogens with zero attached hydrogens (tertiary/aromatic N) is 2. The highest BCUT2D eigenvalue weighted by Crippen LogP contribution is 2.21. The number of carbonyl (C=O) groups is 1. The first-order chi connectivity index (χ1) is 9.99. The van der Waals surface area contributed by atoms with Crippen LogP contribution in [0, 0.1) is 5.82 Å². The van der Waals surface area contributed by atoms with Crippen LogP contribution in [-0.4, -0.2) is 56.0 Å². The number of hydrazine groups is 1. The molecule has 1 saturated heterocycles. The number of hydrogen-bond acceptors (Lipinski definition) is 4. The monoisotopic (exact) mass is 294 g/mol. The molecule has 21 heavy (non-hydrogen) atoms. The van der Waals surface area contributed by atoms with Crippen molar-refractivity contribution in [3.63, 3.8) is 0 Å². The Morgan fingerprint density at radius 3 is 2.76 bits per heavy atom. The summed E-state index contributed by atoms with van der Waals surface area (Å²) in [5, 5.41) is 0. The molecule has 5 nitrogen and oxygen atoms in total. The minimum atomic E-state index is -0.472. The van der Waals surface area contributed by atoms with Gasteiger partial charge in [0.1, 0.15) is 11.9 Å². The predicted molar refractivity (Wildman–Crippen MR) is 80.0 cm³/mol. The smallest absolute Gasteiger partial charge is 0.244 e. The Hall–Kier alpha value is -1.50. The highest BCUT2D eigenvalue weighted by Gasteiger charge is 2.28. The number of carbonyl (C=O) groups excluding carboxylic acids is 1. The second kappa shape index (κ2) is 6.98. The molecule has 0 bridgehead atoms. The van der Waals surface area contributed by atoms with E-state index in [1.807, 2.05) is 19.0 Å². The van der Waals surface area contributed by atoms with Crippen molar-refractivity contribution in [2.24, 2.45) is 0 Å². The van der Waals surface area contributed by atoms with E-state index < -0.39 is 6.04 Å². The molecule has 0 saturated carbocycles. The van der Waals surface area contributed by atoms with Crippen LogP contribution in [0.5, 0.6) is 0 Å². The van der Waals surface area contributed by atoms with Gasteiger partial charge in [0.15, 0.2) is 0 Å². The third-order valence-corrected chi connectivity index (χ3v) is 3.71. The second-order valence-corrected chi connectivity index (χ2v) is 5.70. The molecule has 1 heterocycles. The van der Waals surface area contributed by atoms with E-state index in [-0.39, 0.29) is 17.8 Å². The molecule has 1 fully saturated rings. The maximum absolute atomic E-state index is 13.4. The molecule has 2 rings (SSSR count). The van der Waals surface area contributed by atoms with Crippen molar-refractivity contribution in [1.82, 2.24) is 20.7 Å². The summed E-state index contributed by atoms with van der Waals surface area (Å²) in [5.41, 5.74) is 6.88. The van der Waals surface area contributed by atoms with Crippen molar-refractivity contribution < 1.29 is 9.18 Å². The zero-order valence-corrected chi connectivity index (χ0v) is 12.8. The average molecular weight is 294 g/mol. The van der Waals surface area contributed by atoms with Crippen LogP contribution in [-0.2, 0) is 4.79 Å². The van der Waals surface area contributed by atoms with Crippen LogP contribution in [0.3, 0.4) is 0 Å². The van der Waals surface area contributed by atoms with Gasteiger partial charge in [-0.25, -0.2) is 4.39 Å². The van der Waals surface area contributed by atoms with Crippen LogP contribution >= 0.6 is 0 Å². The molecule has 0 radical (unpaired) electrons. The molecule has 0 aliphatic carbocycles. The zero-order chi connectivity index (χ0) is 15.4. The summed E-state index contributed by atoms with van der Waals surface area (Å²) < 4.78 is 13.4. The lowest BCUT2D eigenvalue weighted by Gasteiger charge is -2.30. The van der Waals surface area contributed by atoms with E-state index >= 15 is 0 Å². The maximum Gasteiger partial charge on any atom is 0.244 e. The molecule has 0 aromatic heterocycles. The molecule has 2 unspecified atom stereocenters. The molecule has 1 aliphatic heterocycles. The van der Waals surface area contributed by atoms with Gasteiger partial charge in [-0.15, -0.1) is 0 Å². The number of halogens is 1. The van der Waals surface area contributed by atoms with E-state index in [0.29, 0.717) is 12.1 Å². The Labute approximate surface area is 125 Å². The van der Waals surface area contributed by atoms with Crippen LogP contribution < -0.4 is 10.9 Å². The third-order valence-electron chi connectivity index (χ3n) is 3.71. The minimum Gasteiger partial charge on any atom is -0.342 e. The van der Waals surface area contributed by atoms with Gasteiger partial charge in [-0.3, -0.25) is 20.5 Å². The van der Waals surface area contributed by atoms with Crippen LogP contribution in [0.1, 0.15) is 18.0 Å². The highest BCUT2D eigenvalue weighted by molar-refractivity contribution is 5.83. The molecule has 1 aromatic carbocycles. The topological polar surface area (TPSA) is 47.6 Å². The Bertz CT molecular complexity index is 488. The summed E-state index contributed by atoms with van der Waals surface area (Å²) in [7, 11) is 5.45. The van der Waals surface area contributed by atoms with Gasteiger partial charge in [0, 0.05) is 26.2 Å². The van der Waals surface area contributed by atoms with Crippen molar-refractivity contribution in [1.29, 1.82) is 0 Å². The largest absolute Gasteiger partial charge is 0.342 e. The summed E-state index contributed by atoms with van der Waals surface area (Å²) in [6.45, 7) is 1.54. The van der Waals surface area contributed by atoms with Gasteiger partial charge in [-0.1, -0.05) is 12.1 Å². The zero-order valence-electron chi connectivity index (χ0n) is 12.8. The summed E-state index contributed by atoms with van der Waals surface area (Å²) in [4.78, 5) is 16.2. The van der Waals surface area contributed by atoms with E-state index in [4.69, 9.17) is 0 Å². The first kappa shape index (κ1) is 15.9. The maximum atomic E-state index is 13.4. The van der Waals surface area contributed by atoms with Crippen molar-refractivity contribution >= 4 is 5.91 Å². The van der Waals surface area contributed by atoms with Crippen LogP contribution in [0.2, 0.25) is 0 Å². The van der Waals surface area contributed by atoms with E-state index in [1.54, 1.807) is 24.1 Å². The lowest BCUT2D eigenvalue weighted by molar-refractivity contribution is -0.135. The summed E-state index contributed by atoms with van der Waals surface area (Å²) in [6.07, 6.45) is 0.990. The molecular weight excluding hydrogens is 271 g/mol. The van der Waals surface area contributed by atoms with Crippen molar-refractivity contribution in [2.75, 3.05) is 34.2 Å². The molecule has 2 atom stereocenters.